The Hall–Kier alpha value is -2.43. The molecule has 0 N–H and O–H groups in total. The number of hydrazone groups is 1. The van der Waals surface area contributed by atoms with Gasteiger partial charge in [0.05, 0.1) is 22.5 Å². The topological polar surface area (TPSA) is 15.6 Å². The van der Waals surface area contributed by atoms with Crippen LogP contribution in [-0.4, -0.2) is 5.71 Å². The monoisotopic (exact) mass is 402 g/mol. The molecule has 0 radical (unpaired) electrons. The van der Waals surface area contributed by atoms with Gasteiger partial charge in [-0.3, -0.25) is 5.01 Å². The van der Waals surface area contributed by atoms with E-state index in [0.717, 1.165) is 16.8 Å². The Bertz CT molecular complexity index is 1000. The Morgan fingerprint density at radius 3 is 2.15 bits per heavy atom. The molecule has 0 aromatic heterocycles. The van der Waals surface area contributed by atoms with Crippen LogP contribution < -0.4 is 5.01 Å². The van der Waals surface area contributed by atoms with Gasteiger partial charge >= 0.3 is 0 Å². The lowest BCUT2D eigenvalue weighted by Crippen LogP contribution is -2.19. The average Bonchev–Trinajstić information content (AvgIpc) is 3.10. The van der Waals surface area contributed by atoms with E-state index in [9.17, 15) is 8.78 Å². The largest absolute Gasteiger partial charge is 0.256 e. The first kappa shape index (κ1) is 18.0. The maximum atomic E-state index is 13.4. The van der Waals surface area contributed by atoms with Gasteiger partial charge in [-0.1, -0.05) is 47.5 Å². The lowest BCUT2D eigenvalue weighted by atomic mass is 9.98. The molecule has 6 heteroatoms. The van der Waals surface area contributed by atoms with Gasteiger partial charge in [0, 0.05) is 11.4 Å². The predicted octanol–water partition coefficient (Wildman–Crippen LogP) is 6.63. The van der Waals surface area contributed by atoms with Crippen molar-refractivity contribution in [2.24, 2.45) is 5.10 Å². The Morgan fingerprint density at radius 2 is 1.48 bits per heavy atom. The van der Waals surface area contributed by atoms with Gasteiger partial charge < -0.3 is 0 Å². The van der Waals surface area contributed by atoms with Gasteiger partial charge in [0.1, 0.15) is 11.6 Å². The molecule has 3 aromatic rings. The maximum absolute atomic E-state index is 13.4. The highest BCUT2D eigenvalue weighted by molar-refractivity contribution is 6.35. The zero-order chi connectivity index (χ0) is 19.0. The maximum Gasteiger partial charge on any atom is 0.123 e. The van der Waals surface area contributed by atoms with Crippen molar-refractivity contribution in [3.05, 3.63) is 99.5 Å². The van der Waals surface area contributed by atoms with E-state index in [4.69, 9.17) is 28.3 Å². The van der Waals surface area contributed by atoms with E-state index in [1.54, 1.807) is 47.5 Å². The number of benzene rings is 3. The summed E-state index contributed by atoms with van der Waals surface area (Å²) < 4.78 is 26.6. The highest BCUT2D eigenvalue weighted by atomic mass is 35.5. The highest BCUT2D eigenvalue weighted by Crippen LogP contribution is 2.40. The van der Waals surface area contributed by atoms with E-state index in [0.29, 0.717) is 22.2 Å². The predicted molar refractivity (Wildman–Crippen MR) is 106 cm³/mol. The molecule has 3 aromatic carbocycles. The molecule has 0 amide bonds. The molecule has 4 rings (SSSR count). The normalized spacial score (nSPS) is 16.5. The zero-order valence-corrected chi connectivity index (χ0v) is 15.6. The fourth-order valence-corrected chi connectivity index (χ4v) is 3.53. The van der Waals surface area contributed by atoms with Crippen molar-refractivity contribution in [1.29, 1.82) is 0 Å². The third-order valence-electron chi connectivity index (χ3n) is 4.50. The molecular weight excluding hydrogens is 389 g/mol. The number of hydrogen-bond acceptors (Lipinski definition) is 2. The van der Waals surface area contributed by atoms with Crippen LogP contribution in [0.5, 0.6) is 0 Å². The summed E-state index contributed by atoms with van der Waals surface area (Å²) in [4.78, 5) is 0. The quantitative estimate of drug-likeness (QED) is 0.480. The summed E-state index contributed by atoms with van der Waals surface area (Å²) in [6.45, 7) is 0. The van der Waals surface area contributed by atoms with Crippen molar-refractivity contribution in [2.45, 2.75) is 12.5 Å². The summed E-state index contributed by atoms with van der Waals surface area (Å²) in [5.41, 5.74) is 3.17. The van der Waals surface area contributed by atoms with Gasteiger partial charge in [-0.05, 0) is 53.6 Å². The van der Waals surface area contributed by atoms with E-state index in [1.807, 2.05) is 0 Å². The molecule has 0 spiro atoms. The Balaban J connectivity index is 1.79. The van der Waals surface area contributed by atoms with Crippen LogP contribution in [0.25, 0.3) is 0 Å². The number of hydrogen-bond donors (Lipinski definition) is 0. The Kier molecular flexibility index (Phi) is 4.85. The summed E-state index contributed by atoms with van der Waals surface area (Å²) in [6.07, 6.45) is 0.570. The van der Waals surface area contributed by atoms with Crippen LogP contribution in [0.4, 0.5) is 14.5 Å². The van der Waals surface area contributed by atoms with Crippen molar-refractivity contribution in [3.8, 4) is 0 Å². The van der Waals surface area contributed by atoms with Gasteiger partial charge in [-0.2, -0.15) is 5.10 Å². The number of halogens is 4. The van der Waals surface area contributed by atoms with Crippen molar-refractivity contribution in [1.82, 2.24) is 0 Å². The number of rotatable bonds is 3. The molecule has 136 valence electrons. The van der Waals surface area contributed by atoms with Crippen LogP contribution in [0.2, 0.25) is 10.0 Å². The summed E-state index contributed by atoms with van der Waals surface area (Å²) in [5.74, 6) is -0.606. The first-order valence-electron chi connectivity index (χ1n) is 8.34. The molecular formula is C21H14Cl2F2N2. The molecule has 0 aliphatic carbocycles. The van der Waals surface area contributed by atoms with Crippen LogP contribution in [0.1, 0.15) is 23.6 Å². The summed E-state index contributed by atoms with van der Waals surface area (Å²) in [7, 11) is 0. The summed E-state index contributed by atoms with van der Waals surface area (Å²) in [6, 6.07) is 17.5. The van der Waals surface area contributed by atoms with E-state index in [1.165, 1.54) is 24.3 Å². The second kappa shape index (κ2) is 7.29. The number of nitrogens with zero attached hydrogens (tertiary/aromatic N) is 2. The van der Waals surface area contributed by atoms with E-state index in [2.05, 4.69) is 0 Å². The molecule has 0 bridgehead atoms. The molecule has 27 heavy (non-hydrogen) atoms. The number of anilines is 1. The summed E-state index contributed by atoms with van der Waals surface area (Å²) in [5, 5.41) is 7.57. The van der Waals surface area contributed by atoms with E-state index >= 15 is 0 Å². The van der Waals surface area contributed by atoms with Crippen molar-refractivity contribution in [3.63, 3.8) is 0 Å². The van der Waals surface area contributed by atoms with Gasteiger partial charge in [0.25, 0.3) is 0 Å². The van der Waals surface area contributed by atoms with Gasteiger partial charge in [-0.25, -0.2) is 8.78 Å². The fourth-order valence-electron chi connectivity index (χ4n) is 3.16. The molecule has 0 saturated carbocycles. The minimum Gasteiger partial charge on any atom is -0.256 e. The average molecular weight is 403 g/mol. The van der Waals surface area contributed by atoms with Gasteiger partial charge in [0.2, 0.25) is 0 Å². The minimum atomic E-state index is -0.304. The third-order valence-corrected chi connectivity index (χ3v) is 5.05. The Morgan fingerprint density at radius 1 is 0.852 bits per heavy atom. The third kappa shape index (κ3) is 3.68. The SMILES string of the molecule is Fc1ccc(C2=NN(c3cc(Cl)ccc3Cl)[C@H](c3ccc(F)cc3)C2)cc1. The van der Waals surface area contributed by atoms with Crippen LogP contribution in [0.3, 0.4) is 0 Å². The molecule has 1 aliphatic rings. The fraction of sp³-hybridized carbons (Fsp3) is 0.0952. The summed E-state index contributed by atoms with van der Waals surface area (Å²) >= 11 is 12.5. The first-order valence-corrected chi connectivity index (χ1v) is 9.10. The molecule has 0 fully saturated rings. The lowest BCUT2D eigenvalue weighted by molar-refractivity contribution is 0.624. The van der Waals surface area contributed by atoms with Gasteiger partial charge in [0.15, 0.2) is 0 Å². The second-order valence-corrected chi connectivity index (χ2v) is 7.11. The lowest BCUT2D eigenvalue weighted by Gasteiger charge is -2.25. The molecule has 0 unspecified atom stereocenters. The molecule has 1 heterocycles. The molecule has 2 nitrogen and oxygen atoms in total. The van der Waals surface area contributed by atoms with Crippen molar-refractivity contribution < 1.29 is 8.78 Å². The molecule has 1 atom stereocenters. The van der Waals surface area contributed by atoms with Gasteiger partial charge in [-0.15, -0.1) is 0 Å². The zero-order valence-electron chi connectivity index (χ0n) is 14.0. The van der Waals surface area contributed by atoms with Crippen molar-refractivity contribution >= 4 is 34.6 Å². The minimum absolute atomic E-state index is 0.179. The van der Waals surface area contributed by atoms with Crippen LogP contribution >= 0.6 is 23.2 Å². The van der Waals surface area contributed by atoms with Crippen LogP contribution in [-0.2, 0) is 0 Å². The Labute approximate surface area is 165 Å². The first-order chi connectivity index (χ1) is 13.0. The standard InChI is InChI=1S/C21H14Cl2F2N2/c22-15-5-10-18(23)21(11-15)27-20(14-3-8-17(25)9-4-14)12-19(26-27)13-1-6-16(24)7-2-13/h1-11,20H,12H2/t20-/m0/s1. The second-order valence-electron chi connectivity index (χ2n) is 6.27. The van der Waals surface area contributed by atoms with Crippen molar-refractivity contribution in [2.75, 3.05) is 5.01 Å². The molecule has 1 aliphatic heterocycles. The van der Waals surface area contributed by atoms with Crippen LogP contribution in [0, 0.1) is 11.6 Å². The van der Waals surface area contributed by atoms with E-state index < -0.39 is 0 Å². The van der Waals surface area contributed by atoms with E-state index in [-0.39, 0.29) is 17.7 Å². The molecule has 0 saturated heterocycles. The highest BCUT2D eigenvalue weighted by Gasteiger charge is 2.31. The smallest absolute Gasteiger partial charge is 0.123 e. The van der Waals surface area contributed by atoms with Crippen LogP contribution in [0.15, 0.2) is 71.8 Å².